The topological polar surface area (TPSA) is 38.9 Å². The highest BCUT2D eigenvalue weighted by molar-refractivity contribution is 7.80. The lowest BCUT2D eigenvalue weighted by atomic mass is 9.97. The van der Waals surface area contributed by atoms with Gasteiger partial charge in [-0.05, 0) is 18.6 Å². The number of fused-ring (bicyclic) bond motifs is 1. The van der Waals surface area contributed by atoms with E-state index in [-0.39, 0.29) is 5.92 Å². The third-order valence-electron chi connectivity index (χ3n) is 3.17. The molecule has 1 aromatic carbocycles. The zero-order chi connectivity index (χ0) is 13.0. The van der Waals surface area contributed by atoms with Gasteiger partial charge < -0.3 is 5.73 Å². The van der Waals surface area contributed by atoms with Gasteiger partial charge in [-0.25, -0.2) is 0 Å². The van der Waals surface area contributed by atoms with Gasteiger partial charge >= 0.3 is 0 Å². The third kappa shape index (κ3) is 2.85. The number of rotatable bonds is 5. The second-order valence-electron chi connectivity index (χ2n) is 4.53. The molecule has 2 N–H and O–H groups in total. The molecule has 0 aliphatic rings. The van der Waals surface area contributed by atoms with E-state index < -0.39 is 0 Å². The Morgan fingerprint density at radius 2 is 2.06 bits per heavy atom. The van der Waals surface area contributed by atoms with Crippen molar-refractivity contribution in [1.82, 2.24) is 4.98 Å². The Morgan fingerprint density at radius 3 is 2.78 bits per heavy atom. The second-order valence-corrected chi connectivity index (χ2v) is 5.00. The molecule has 0 saturated heterocycles. The zero-order valence-corrected chi connectivity index (χ0v) is 11.4. The van der Waals surface area contributed by atoms with E-state index in [0.717, 1.165) is 35.9 Å². The Morgan fingerprint density at radius 1 is 1.28 bits per heavy atom. The second kappa shape index (κ2) is 5.91. The molecule has 94 valence electrons. The van der Waals surface area contributed by atoms with Crippen LogP contribution >= 0.6 is 12.2 Å². The van der Waals surface area contributed by atoms with E-state index in [1.807, 2.05) is 24.3 Å². The van der Waals surface area contributed by atoms with E-state index >= 15 is 0 Å². The molecule has 0 bridgehead atoms. The standard InChI is InChI=1S/C15H18N2S/c1-2-3-7-12(15(16)18)14-10-9-11-6-4-5-8-13(11)17-14/h4-6,8-10,12H,2-3,7H2,1H3,(H2,16,18). The van der Waals surface area contributed by atoms with Crippen LogP contribution in [0.1, 0.15) is 37.8 Å². The zero-order valence-electron chi connectivity index (χ0n) is 10.6. The maximum Gasteiger partial charge on any atom is 0.0819 e. The lowest BCUT2D eigenvalue weighted by Gasteiger charge is -2.15. The summed E-state index contributed by atoms with van der Waals surface area (Å²) in [6.45, 7) is 2.17. The van der Waals surface area contributed by atoms with Crippen molar-refractivity contribution >= 4 is 28.1 Å². The van der Waals surface area contributed by atoms with Crippen molar-refractivity contribution in [2.45, 2.75) is 32.1 Å². The van der Waals surface area contributed by atoms with Crippen molar-refractivity contribution < 1.29 is 0 Å². The number of benzene rings is 1. The molecule has 0 amide bonds. The minimum atomic E-state index is 0.101. The Kier molecular flexibility index (Phi) is 4.26. The minimum absolute atomic E-state index is 0.101. The largest absolute Gasteiger partial charge is 0.393 e. The number of para-hydroxylation sites is 1. The molecule has 2 aromatic rings. The van der Waals surface area contributed by atoms with Crippen LogP contribution in [-0.4, -0.2) is 9.97 Å². The molecule has 1 aromatic heterocycles. The molecule has 0 aliphatic heterocycles. The van der Waals surface area contributed by atoms with Crippen LogP contribution in [0.2, 0.25) is 0 Å². The number of thiocarbonyl (C=S) groups is 1. The fourth-order valence-electron chi connectivity index (χ4n) is 2.12. The first kappa shape index (κ1) is 13.0. The van der Waals surface area contributed by atoms with Crippen molar-refractivity contribution in [2.24, 2.45) is 5.73 Å². The lowest BCUT2D eigenvalue weighted by molar-refractivity contribution is 0.675. The van der Waals surface area contributed by atoms with Crippen molar-refractivity contribution in [3.8, 4) is 0 Å². The Balaban J connectivity index is 2.35. The number of nitrogens with two attached hydrogens (primary N) is 1. The van der Waals surface area contributed by atoms with Gasteiger partial charge in [0.05, 0.1) is 22.1 Å². The van der Waals surface area contributed by atoms with Crippen LogP contribution < -0.4 is 5.73 Å². The summed E-state index contributed by atoms with van der Waals surface area (Å²) in [5, 5.41) is 1.15. The Hall–Kier alpha value is -1.48. The van der Waals surface area contributed by atoms with Gasteiger partial charge in [0.1, 0.15) is 0 Å². The first-order valence-electron chi connectivity index (χ1n) is 6.37. The van der Waals surface area contributed by atoms with Crippen LogP contribution in [0.5, 0.6) is 0 Å². The number of hydrogen-bond acceptors (Lipinski definition) is 2. The molecule has 1 heterocycles. The van der Waals surface area contributed by atoms with Gasteiger partial charge in [0.2, 0.25) is 0 Å². The normalized spacial score (nSPS) is 12.5. The van der Waals surface area contributed by atoms with E-state index in [1.165, 1.54) is 0 Å². The molecule has 3 heteroatoms. The maximum absolute atomic E-state index is 5.85. The molecule has 2 nitrogen and oxygen atoms in total. The number of nitrogens with zero attached hydrogens (tertiary/aromatic N) is 1. The third-order valence-corrected chi connectivity index (χ3v) is 3.45. The molecule has 0 radical (unpaired) electrons. The number of unbranched alkanes of at least 4 members (excludes halogenated alkanes) is 1. The van der Waals surface area contributed by atoms with Crippen LogP contribution in [-0.2, 0) is 0 Å². The summed E-state index contributed by atoms with van der Waals surface area (Å²) in [5.74, 6) is 0.101. The molecular weight excluding hydrogens is 240 g/mol. The van der Waals surface area contributed by atoms with Crippen LogP contribution in [0.15, 0.2) is 36.4 Å². The van der Waals surface area contributed by atoms with Gasteiger partial charge in [0.25, 0.3) is 0 Å². The first-order valence-corrected chi connectivity index (χ1v) is 6.78. The van der Waals surface area contributed by atoms with E-state index in [0.29, 0.717) is 4.99 Å². The maximum atomic E-state index is 5.85. The average Bonchev–Trinajstić information content (AvgIpc) is 2.38. The molecule has 0 fully saturated rings. The highest BCUT2D eigenvalue weighted by atomic mass is 32.1. The fraction of sp³-hybridized carbons (Fsp3) is 0.333. The highest BCUT2D eigenvalue weighted by Crippen LogP contribution is 2.23. The number of hydrogen-bond donors (Lipinski definition) is 1. The summed E-state index contributed by atoms with van der Waals surface area (Å²) < 4.78 is 0. The summed E-state index contributed by atoms with van der Waals surface area (Å²) >= 11 is 5.17. The van der Waals surface area contributed by atoms with Crippen molar-refractivity contribution in [3.63, 3.8) is 0 Å². The SMILES string of the molecule is CCCCC(C(N)=S)c1ccc2ccccc2n1. The smallest absolute Gasteiger partial charge is 0.0819 e. The van der Waals surface area contributed by atoms with Crippen LogP contribution in [0.25, 0.3) is 10.9 Å². The summed E-state index contributed by atoms with van der Waals surface area (Å²) in [5.41, 5.74) is 7.85. The highest BCUT2D eigenvalue weighted by Gasteiger charge is 2.15. The van der Waals surface area contributed by atoms with Crippen LogP contribution in [0, 0.1) is 0 Å². The molecule has 1 unspecified atom stereocenters. The van der Waals surface area contributed by atoms with E-state index in [9.17, 15) is 0 Å². The number of pyridine rings is 1. The van der Waals surface area contributed by atoms with E-state index in [1.54, 1.807) is 0 Å². The van der Waals surface area contributed by atoms with Gasteiger partial charge in [-0.1, -0.05) is 56.2 Å². The molecule has 2 rings (SSSR count). The van der Waals surface area contributed by atoms with Crippen LogP contribution in [0.4, 0.5) is 0 Å². The fourth-order valence-corrected chi connectivity index (χ4v) is 2.36. The van der Waals surface area contributed by atoms with E-state index in [4.69, 9.17) is 18.0 Å². The van der Waals surface area contributed by atoms with Gasteiger partial charge in [0.15, 0.2) is 0 Å². The molecule has 1 atom stereocenters. The molecule has 0 saturated carbocycles. The summed E-state index contributed by atoms with van der Waals surface area (Å²) in [7, 11) is 0. The summed E-state index contributed by atoms with van der Waals surface area (Å²) in [4.78, 5) is 5.23. The van der Waals surface area contributed by atoms with Crippen molar-refractivity contribution in [2.75, 3.05) is 0 Å². The molecule has 0 aliphatic carbocycles. The predicted octanol–water partition coefficient (Wildman–Crippen LogP) is 3.79. The van der Waals surface area contributed by atoms with Gasteiger partial charge in [-0.3, -0.25) is 4.98 Å². The Bertz CT molecular complexity index is 551. The van der Waals surface area contributed by atoms with Crippen LogP contribution in [0.3, 0.4) is 0 Å². The van der Waals surface area contributed by atoms with Gasteiger partial charge in [-0.2, -0.15) is 0 Å². The lowest BCUT2D eigenvalue weighted by Crippen LogP contribution is -2.20. The average molecular weight is 258 g/mol. The summed E-state index contributed by atoms with van der Waals surface area (Å²) in [6, 6.07) is 12.2. The van der Waals surface area contributed by atoms with Gasteiger partial charge in [0, 0.05) is 5.39 Å². The predicted molar refractivity (Wildman–Crippen MR) is 80.8 cm³/mol. The minimum Gasteiger partial charge on any atom is -0.393 e. The number of aromatic nitrogens is 1. The molecular formula is C15H18N2S. The molecule has 0 spiro atoms. The molecule has 18 heavy (non-hydrogen) atoms. The Labute approximate surface area is 113 Å². The van der Waals surface area contributed by atoms with Crippen molar-refractivity contribution in [3.05, 3.63) is 42.1 Å². The summed E-state index contributed by atoms with van der Waals surface area (Å²) in [6.07, 6.45) is 3.25. The van der Waals surface area contributed by atoms with Crippen molar-refractivity contribution in [1.29, 1.82) is 0 Å². The monoisotopic (exact) mass is 258 g/mol. The van der Waals surface area contributed by atoms with E-state index in [2.05, 4.69) is 24.0 Å². The van der Waals surface area contributed by atoms with Gasteiger partial charge in [-0.15, -0.1) is 0 Å². The first-order chi connectivity index (χ1) is 8.72. The quantitative estimate of drug-likeness (QED) is 0.829.